The summed E-state index contributed by atoms with van der Waals surface area (Å²) in [4.78, 5) is 0. The molecule has 5 heteroatoms. The van der Waals surface area contributed by atoms with E-state index in [1.807, 2.05) is 19.1 Å². The predicted octanol–water partition coefficient (Wildman–Crippen LogP) is 3.85. The first-order valence-electron chi connectivity index (χ1n) is 5.31. The van der Waals surface area contributed by atoms with Gasteiger partial charge in [-0.2, -0.15) is 0 Å². The second-order valence-corrected chi connectivity index (χ2v) is 4.85. The van der Waals surface area contributed by atoms with E-state index in [1.165, 1.54) is 0 Å². The van der Waals surface area contributed by atoms with Gasteiger partial charge in [-0.3, -0.25) is 0 Å². The highest BCUT2D eigenvalue weighted by atomic mass is 79.9. The summed E-state index contributed by atoms with van der Waals surface area (Å²) in [5, 5.41) is 0. The van der Waals surface area contributed by atoms with Crippen LogP contribution in [0.1, 0.15) is 24.9 Å². The van der Waals surface area contributed by atoms with Crippen LogP contribution in [0.25, 0.3) is 0 Å². The van der Waals surface area contributed by atoms with Crippen LogP contribution in [0.4, 0.5) is 0 Å². The molecule has 3 nitrogen and oxygen atoms in total. The van der Waals surface area contributed by atoms with E-state index >= 15 is 0 Å². The minimum Gasteiger partial charge on any atom is -0.496 e. The molecule has 0 aromatic heterocycles. The Hall–Kier alpha value is -0.710. The van der Waals surface area contributed by atoms with Gasteiger partial charge < -0.3 is 15.2 Å². The first-order valence-corrected chi connectivity index (χ1v) is 6.10. The maximum Gasteiger partial charge on any atom is 0.133 e. The van der Waals surface area contributed by atoms with Gasteiger partial charge in [-0.25, -0.2) is 0 Å². The fourth-order valence-corrected chi connectivity index (χ4v) is 2.14. The van der Waals surface area contributed by atoms with Crippen molar-refractivity contribution in [3.8, 4) is 11.5 Å². The average Bonchev–Trinajstić information content (AvgIpc) is 2.27. The highest BCUT2D eigenvalue weighted by Gasteiger charge is 2.15. The molecule has 0 aliphatic rings. The number of nitrogens with two attached hydrogens (primary N) is 1. The quantitative estimate of drug-likeness (QED) is 0.831. The molecule has 0 bridgehead atoms. The number of hydrogen-bond donors (Lipinski definition) is 1. The van der Waals surface area contributed by atoms with E-state index in [0.717, 1.165) is 33.5 Å². The minimum atomic E-state index is -0.135. The summed E-state index contributed by atoms with van der Waals surface area (Å²) < 4.78 is 11.4. The molecule has 1 rings (SSSR count). The molecule has 1 aromatic rings. The molecule has 2 N–H and O–H groups in total. The lowest BCUT2D eigenvalue weighted by Crippen LogP contribution is -2.12. The van der Waals surface area contributed by atoms with Gasteiger partial charge in [-0.05, 0) is 41.4 Å². The van der Waals surface area contributed by atoms with Gasteiger partial charge >= 0.3 is 0 Å². The Labute approximate surface area is 123 Å². The average molecular weight is 337 g/mol. The number of benzene rings is 1. The van der Waals surface area contributed by atoms with E-state index < -0.39 is 0 Å². The van der Waals surface area contributed by atoms with Gasteiger partial charge in [-0.1, -0.05) is 5.57 Å². The summed E-state index contributed by atoms with van der Waals surface area (Å²) in [6, 6.07) is 3.63. The topological polar surface area (TPSA) is 44.5 Å². The zero-order valence-corrected chi connectivity index (χ0v) is 13.2. The molecular formula is C13H19BrClNO2. The van der Waals surface area contributed by atoms with Crippen LogP contribution in [0.3, 0.4) is 0 Å². The van der Waals surface area contributed by atoms with E-state index in [9.17, 15) is 0 Å². The number of hydrogen-bond acceptors (Lipinski definition) is 3. The third kappa shape index (κ3) is 4.19. The maximum atomic E-state index is 6.13. The molecule has 0 saturated carbocycles. The van der Waals surface area contributed by atoms with Crippen LogP contribution in [0.15, 0.2) is 28.8 Å². The van der Waals surface area contributed by atoms with Crippen molar-refractivity contribution in [2.75, 3.05) is 14.2 Å². The summed E-state index contributed by atoms with van der Waals surface area (Å²) in [7, 11) is 3.26. The van der Waals surface area contributed by atoms with Crippen LogP contribution in [-0.2, 0) is 0 Å². The van der Waals surface area contributed by atoms with Crippen LogP contribution in [-0.4, -0.2) is 14.2 Å². The van der Waals surface area contributed by atoms with E-state index in [4.69, 9.17) is 15.2 Å². The van der Waals surface area contributed by atoms with Crippen molar-refractivity contribution < 1.29 is 9.47 Å². The monoisotopic (exact) mass is 335 g/mol. The molecule has 1 aromatic carbocycles. The highest BCUT2D eigenvalue weighted by Crippen LogP contribution is 2.36. The Morgan fingerprint density at radius 3 is 2.33 bits per heavy atom. The van der Waals surface area contributed by atoms with Crippen molar-refractivity contribution in [3.63, 3.8) is 0 Å². The second-order valence-electron chi connectivity index (χ2n) is 4.00. The van der Waals surface area contributed by atoms with E-state index in [0.29, 0.717) is 0 Å². The van der Waals surface area contributed by atoms with Crippen molar-refractivity contribution in [3.05, 3.63) is 34.3 Å². The normalized spacial score (nSPS) is 11.4. The minimum absolute atomic E-state index is 0. The van der Waals surface area contributed by atoms with Gasteiger partial charge in [-0.15, -0.1) is 19.0 Å². The Morgan fingerprint density at radius 1 is 1.33 bits per heavy atom. The number of ether oxygens (including phenoxy) is 2. The largest absolute Gasteiger partial charge is 0.496 e. The summed E-state index contributed by atoms with van der Waals surface area (Å²) in [5.41, 5.74) is 8.10. The molecule has 0 fully saturated rings. The van der Waals surface area contributed by atoms with Gasteiger partial charge in [0.2, 0.25) is 0 Å². The van der Waals surface area contributed by atoms with Crippen molar-refractivity contribution in [1.29, 1.82) is 0 Å². The summed E-state index contributed by atoms with van der Waals surface area (Å²) in [6.07, 6.45) is 0.723. The zero-order chi connectivity index (χ0) is 13.0. The highest BCUT2D eigenvalue weighted by molar-refractivity contribution is 9.10. The molecule has 102 valence electrons. The lowest BCUT2D eigenvalue weighted by atomic mass is 10.00. The number of methoxy groups -OCH3 is 2. The number of rotatable bonds is 5. The molecule has 0 unspecified atom stereocenters. The molecule has 0 heterocycles. The Balaban J connectivity index is 0.00000289. The van der Waals surface area contributed by atoms with Gasteiger partial charge in [0.15, 0.2) is 0 Å². The molecule has 0 saturated heterocycles. The molecule has 1 atom stereocenters. The van der Waals surface area contributed by atoms with E-state index in [1.54, 1.807) is 14.2 Å². The van der Waals surface area contributed by atoms with Crippen LogP contribution in [0.5, 0.6) is 11.5 Å². The van der Waals surface area contributed by atoms with E-state index in [-0.39, 0.29) is 18.4 Å². The summed E-state index contributed by atoms with van der Waals surface area (Å²) in [6.45, 7) is 5.84. The van der Waals surface area contributed by atoms with Crippen LogP contribution in [0, 0.1) is 0 Å². The first-order chi connectivity index (χ1) is 7.99. The molecule has 0 aliphatic carbocycles. The van der Waals surface area contributed by atoms with Crippen LogP contribution >= 0.6 is 28.3 Å². The summed E-state index contributed by atoms with van der Waals surface area (Å²) >= 11 is 3.42. The fourth-order valence-electron chi connectivity index (χ4n) is 1.66. The standard InChI is InChI=1S/C13H18BrNO2.ClH/c1-8(2)5-11(15)9-6-13(17-4)10(14)7-12(9)16-3;/h6-7,11H,1,5,15H2,2-4H3;1H/t11-;/m0./s1. The third-order valence-electron chi connectivity index (χ3n) is 2.47. The van der Waals surface area contributed by atoms with E-state index in [2.05, 4.69) is 22.5 Å². The zero-order valence-electron chi connectivity index (χ0n) is 10.8. The lowest BCUT2D eigenvalue weighted by Gasteiger charge is -2.17. The second kappa shape index (κ2) is 7.67. The van der Waals surface area contributed by atoms with Gasteiger partial charge in [0, 0.05) is 11.6 Å². The van der Waals surface area contributed by atoms with Crippen LogP contribution in [0.2, 0.25) is 0 Å². The molecule has 0 spiro atoms. The predicted molar refractivity (Wildman–Crippen MR) is 80.9 cm³/mol. The van der Waals surface area contributed by atoms with Crippen molar-refractivity contribution >= 4 is 28.3 Å². The van der Waals surface area contributed by atoms with Gasteiger partial charge in [0.05, 0.1) is 18.7 Å². The molecular weight excluding hydrogens is 318 g/mol. The molecule has 0 amide bonds. The van der Waals surface area contributed by atoms with Crippen LogP contribution < -0.4 is 15.2 Å². The van der Waals surface area contributed by atoms with Gasteiger partial charge in [0.25, 0.3) is 0 Å². The first kappa shape index (κ1) is 17.3. The Bertz CT molecular complexity index is 424. The van der Waals surface area contributed by atoms with Crippen molar-refractivity contribution in [2.45, 2.75) is 19.4 Å². The van der Waals surface area contributed by atoms with Crippen molar-refractivity contribution in [1.82, 2.24) is 0 Å². The SMILES string of the molecule is C=C(C)C[C@H](N)c1cc(OC)c(Br)cc1OC.Cl. The Kier molecular flexibility index (Phi) is 7.36. The third-order valence-corrected chi connectivity index (χ3v) is 3.09. The van der Waals surface area contributed by atoms with Crippen molar-refractivity contribution in [2.24, 2.45) is 5.73 Å². The smallest absolute Gasteiger partial charge is 0.133 e. The molecule has 18 heavy (non-hydrogen) atoms. The maximum absolute atomic E-state index is 6.13. The lowest BCUT2D eigenvalue weighted by molar-refractivity contribution is 0.393. The molecule has 0 aliphatic heterocycles. The summed E-state index contributed by atoms with van der Waals surface area (Å²) in [5.74, 6) is 1.50. The fraction of sp³-hybridized carbons (Fsp3) is 0.385. The number of halogens is 2. The Morgan fingerprint density at radius 2 is 1.89 bits per heavy atom. The molecule has 0 radical (unpaired) electrons. The van der Waals surface area contributed by atoms with Gasteiger partial charge in [0.1, 0.15) is 11.5 Å².